The van der Waals surface area contributed by atoms with E-state index in [2.05, 4.69) is 47.8 Å². The Balaban J connectivity index is 0.000000158. The number of hydrogen-bond donors (Lipinski definition) is 0. The van der Waals surface area contributed by atoms with Crippen LogP contribution in [0.3, 0.4) is 0 Å². The van der Waals surface area contributed by atoms with Crippen LogP contribution in [0.2, 0.25) is 10.0 Å². The van der Waals surface area contributed by atoms with E-state index in [1.54, 1.807) is 24.3 Å². The number of carbonyl (C=O) groups excluding carboxylic acids is 4. The van der Waals surface area contributed by atoms with Gasteiger partial charge in [-0.15, -0.1) is 0 Å². The maximum atomic E-state index is 13.1. The summed E-state index contributed by atoms with van der Waals surface area (Å²) in [4.78, 5) is 61.8. The van der Waals surface area contributed by atoms with E-state index in [1.165, 1.54) is 37.8 Å². The summed E-state index contributed by atoms with van der Waals surface area (Å²) >= 11 is 12.4. The van der Waals surface area contributed by atoms with Crippen molar-refractivity contribution in [3.63, 3.8) is 0 Å². The summed E-state index contributed by atoms with van der Waals surface area (Å²) < 4.78 is 23.4. The molecule has 12 atom stereocenters. The lowest BCUT2D eigenvalue weighted by molar-refractivity contribution is -0.00441. The molecule has 12 nitrogen and oxygen atoms in total. The van der Waals surface area contributed by atoms with E-state index in [1.807, 2.05) is 0 Å². The van der Waals surface area contributed by atoms with Gasteiger partial charge in [0, 0.05) is 99.7 Å². The van der Waals surface area contributed by atoms with Gasteiger partial charge in [-0.1, -0.05) is 35.3 Å². The molecule has 14 heteroatoms. The van der Waals surface area contributed by atoms with Crippen LogP contribution in [0.25, 0.3) is 0 Å². The van der Waals surface area contributed by atoms with E-state index in [9.17, 15) is 19.2 Å². The van der Waals surface area contributed by atoms with Crippen molar-refractivity contribution < 1.29 is 38.1 Å². The molecule has 8 heterocycles. The molecule has 8 aliphatic heterocycles. The largest absolute Gasteiger partial charge is 0.459 e. The Morgan fingerprint density at radius 3 is 0.839 bits per heavy atom. The fraction of sp³-hybridized carbons (Fsp3) is 0.667. The Bertz CT molecular complexity index is 1840. The van der Waals surface area contributed by atoms with Crippen molar-refractivity contribution in [2.75, 3.05) is 28.2 Å². The van der Waals surface area contributed by atoms with Crippen molar-refractivity contribution in [1.82, 2.24) is 19.6 Å². The summed E-state index contributed by atoms with van der Waals surface area (Å²) in [6.07, 6.45) is 15.6. The Hall–Kier alpha value is -3.26. The Morgan fingerprint density at radius 2 is 0.613 bits per heavy atom. The highest BCUT2D eigenvalue weighted by atomic mass is 35.5. The second-order valence-electron chi connectivity index (χ2n) is 19.6. The third kappa shape index (κ3) is 9.03. The SMILES string of the molecule is CN1[C@@H]2CC[C@H]1CC(OC(=O)c1cc(Cl)c(Cl)cc1C(=O)OC1C[C@H]3CC[C@@H](C1)N3C)C2.CN1[C@@H]2CC[C@H]1CC(OC(=O)c1ccccc1C(=O)OC1C[C@H]3CC[C@@H](C1)N3C)C2. The minimum Gasteiger partial charge on any atom is -0.459 e. The van der Waals surface area contributed by atoms with Gasteiger partial charge in [0.25, 0.3) is 0 Å². The highest BCUT2D eigenvalue weighted by Crippen LogP contribution is 2.40. The summed E-state index contributed by atoms with van der Waals surface area (Å²) in [7, 11) is 8.62. The number of hydrogen-bond acceptors (Lipinski definition) is 12. The number of nitrogens with zero attached hydrogens (tertiary/aromatic N) is 4. The second kappa shape index (κ2) is 18.3. The zero-order valence-corrected chi connectivity index (χ0v) is 38.0. The molecule has 0 amide bonds. The van der Waals surface area contributed by atoms with Crippen LogP contribution >= 0.6 is 23.2 Å². The Labute approximate surface area is 375 Å². The van der Waals surface area contributed by atoms with Crippen LogP contribution in [0.1, 0.15) is 144 Å². The van der Waals surface area contributed by atoms with Gasteiger partial charge in [-0.05, 0) is 104 Å². The first-order chi connectivity index (χ1) is 29.8. The molecule has 2 aromatic rings. The third-order valence-corrected chi connectivity index (χ3v) is 16.9. The normalized spacial score (nSPS) is 35.2. The van der Waals surface area contributed by atoms with Gasteiger partial charge in [0.05, 0.1) is 32.3 Å². The summed E-state index contributed by atoms with van der Waals surface area (Å²) in [5, 5.41) is 0.437. The lowest BCUT2D eigenvalue weighted by atomic mass is 10.00. The highest BCUT2D eigenvalue weighted by Gasteiger charge is 2.44. The maximum absolute atomic E-state index is 13.1. The van der Waals surface area contributed by atoms with Crippen LogP contribution in [-0.2, 0) is 18.9 Å². The smallest absolute Gasteiger partial charge is 0.339 e. The molecule has 2 aromatic carbocycles. The van der Waals surface area contributed by atoms with Gasteiger partial charge in [0.15, 0.2) is 0 Å². The van der Waals surface area contributed by atoms with Crippen molar-refractivity contribution in [3.8, 4) is 0 Å². The molecule has 0 aromatic heterocycles. The first kappa shape index (κ1) is 44.0. The molecule has 10 rings (SSSR count). The minimum atomic E-state index is -0.534. The zero-order valence-electron chi connectivity index (χ0n) is 36.5. The monoisotopic (exact) mass is 892 g/mol. The van der Waals surface area contributed by atoms with Crippen molar-refractivity contribution in [2.24, 2.45) is 0 Å². The number of ether oxygens (including phenoxy) is 4. The molecule has 8 saturated heterocycles. The van der Waals surface area contributed by atoms with Crippen molar-refractivity contribution in [3.05, 3.63) is 68.7 Å². The predicted octanol–water partition coefficient (Wildman–Crippen LogP) is 7.81. The van der Waals surface area contributed by atoms with E-state index in [4.69, 9.17) is 42.1 Å². The average Bonchev–Trinajstić information content (AvgIpc) is 3.73. The number of esters is 4. The molecular formula is C48H62Cl2N4O8. The molecule has 336 valence electrons. The minimum absolute atomic E-state index is 0.0696. The van der Waals surface area contributed by atoms with Gasteiger partial charge >= 0.3 is 23.9 Å². The summed E-state index contributed by atoms with van der Waals surface area (Å²) in [5.74, 6) is -1.87. The molecular weight excluding hydrogens is 831 g/mol. The number of benzene rings is 2. The first-order valence-corrected chi connectivity index (χ1v) is 23.8. The molecule has 0 spiro atoms. The summed E-state index contributed by atoms with van der Waals surface area (Å²) in [6.45, 7) is 0. The number of piperidine rings is 4. The number of halogens is 2. The van der Waals surface area contributed by atoms with Crippen molar-refractivity contribution in [2.45, 2.75) is 175 Å². The molecule has 62 heavy (non-hydrogen) atoms. The number of fused-ring (bicyclic) bond motifs is 8. The van der Waals surface area contributed by atoms with Gasteiger partial charge in [0.2, 0.25) is 0 Å². The van der Waals surface area contributed by atoms with Gasteiger partial charge in [-0.3, -0.25) is 0 Å². The molecule has 0 aliphatic carbocycles. The van der Waals surface area contributed by atoms with Crippen LogP contribution < -0.4 is 0 Å². The maximum Gasteiger partial charge on any atom is 0.339 e. The van der Waals surface area contributed by atoms with Gasteiger partial charge in [-0.2, -0.15) is 0 Å². The molecule has 8 bridgehead atoms. The third-order valence-electron chi connectivity index (χ3n) is 16.2. The average molecular weight is 894 g/mol. The van der Waals surface area contributed by atoms with E-state index in [0.29, 0.717) is 59.5 Å². The van der Waals surface area contributed by atoms with Crippen LogP contribution in [0.5, 0.6) is 0 Å². The second-order valence-corrected chi connectivity index (χ2v) is 20.4. The molecule has 0 saturated carbocycles. The van der Waals surface area contributed by atoms with Gasteiger partial charge < -0.3 is 38.5 Å². The van der Waals surface area contributed by atoms with Gasteiger partial charge in [0.1, 0.15) is 24.4 Å². The van der Waals surface area contributed by atoms with Crippen LogP contribution in [-0.4, -0.2) is 144 Å². The topological polar surface area (TPSA) is 118 Å². The zero-order chi connectivity index (χ0) is 43.4. The molecule has 4 unspecified atom stereocenters. The van der Waals surface area contributed by atoms with Gasteiger partial charge in [-0.25, -0.2) is 19.2 Å². The predicted molar refractivity (Wildman–Crippen MR) is 235 cm³/mol. The Kier molecular flexibility index (Phi) is 13.0. The molecule has 8 aliphatic rings. The number of carbonyl (C=O) groups is 4. The first-order valence-electron chi connectivity index (χ1n) is 23.1. The fourth-order valence-electron chi connectivity index (χ4n) is 12.4. The quantitative estimate of drug-likeness (QED) is 0.190. The van der Waals surface area contributed by atoms with Crippen molar-refractivity contribution >= 4 is 47.1 Å². The van der Waals surface area contributed by atoms with Crippen LogP contribution in [0.15, 0.2) is 36.4 Å². The lowest BCUT2D eigenvalue weighted by Crippen LogP contribution is -2.43. The highest BCUT2D eigenvalue weighted by molar-refractivity contribution is 6.42. The standard InChI is InChI=1S/C24H30Cl2N2O4.C24H32N2O4/c1-27-13-3-4-14(27)8-17(7-13)31-23(29)19-11-21(25)22(26)12-20(19)24(30)32-18-9-15-5-6-16(10-18)28(15)2;1-25-15-7-8-16(25)12-19(11-15)29-23(27)21-5-3-4-6-22(21)24(28)30-20-13-17-9-10-18(14-20)26(17)2/h11-18H,3-10H2,1-2H3;3-6,15-20H,7-14H2,1-2H3/t13-,14+,15-,16+,17?,18?;15-,16+,17-,18+,19?,20?. The van der Waals surface area contributed by atoms with Crippen LogP contribution in [0.4, 0.5) is 0 Å². The van der Waals surface area contributed by atoms with E-state index in [-0.39, 0.29) is 45.6 Å². The summed E-state index contributed by atoms with van der Waals surface area (Å²) in [6, 6.07) is 13.6. The molecule has 0 radical (unpaired) electrons. The number of rotatable bonds is 8. The molecule has 0 N–H and O–H groups in total. The molecule has 8 fully saturated rings. The Morgan fingerprint density at radius 1 is 0.403 bits per heavy atom. The lowest BCUT2D eigenvalue weighted by Gasteiger charge is -2.36. The van der Waals surface area contributed by atoms with Crippen LogP contribution in [0, 0.1) is 0 Å². The van der Waals surface area contributed by atoms with E-state index < -0.39 is 23.9 Å². The van der Waals surface area contributed by atoms with Crippen molar-refractivity contribution in [1.29, 1.82) is 0 Å². The fourth-order valence-corrected chi connectivity index (χ4v) is 12.7. The summed E-state index contributed by atoms with van der Waals surface area (Å²) in [5.41, 5.74) is 0.910. The van der Waals surface area contributed by atoms with E-state index in [0.717, 1.165) is 77.0 Å². The van der Waals surface area contributed by atoms with E-state index >= 15 is 0 Å².